The van der Waals surface area contributed by atoms with Crippen LogP contribution < -0.4 is 16.1 Å². The van der Waals surface area contributed by atoms with Gasteiger partial charge in [0.2, 0.25) is 11.8 Å². The van der Waals surface area contributed by atoms with Crippen LogP contribution >= 0.6 is 0 Å². The molecule has 9 nitrogen and oxygen atoms in total. The molecule has 3 atom stereocenters. The summed E-state index contributed by atoms with van der Waals surface area (Å²) in [6.45, 7) is 9.63. The molecule has 1 saturated heterocycles. The number of hydrazine groups is 1. The Bertz CT molecular complexity index is 1240. The molecule has 0 saturated carbocycles. The van der Waals surface area contributed by atoms with Gasteiger partial charge < -0.3 is 15.7 Å². The highest BCUT2D eigenvalue weighted by Gasteiger charge is 2.31. The summed E-state index contributed by atoms with van der Waals surface area (Å²) in [6, 6.07) is 6.36. The maximum atomic E-state index is 13.0. The number of allylic oxidation sites excluding steroid dienone is 1. The number of rotatable bonds is 10. The van der Waals surface area contributed by atoms with E-state index in [1.165, 1.54) is 10.6 Å². The molecule has 4 N–H and O–H groups in total. The van der Waals surface area contributed by atoms with Gasteiger partial charge in [0, 0.05) is 24.5 Å². The predicted octanol–water partition coefficient (Wildman–Crippen LogP) is 3.80. The third-order valence-electron chi connectivity index (χ3n) is 6.91. The van der Waals surface area contributed by atoms with Crippen LogP contribution in [0.1, 0.15) is 65.1 Å². The minimum Gasteiger partial charge on any atom is -0.511 e. The summed E-state index contributed by atoms with van der Waals surface area (Å²) in [7, 11) is 0. The number of amides is 3. The van der Waals surface area contributed by atoms with E-state index in [0.29, 0.717) is 13.0 Å². The molecule has 0 radical (unpaired) electrons. The number of aryl methyl sites for hydroxylation is 1. The van der Waals surface area contributed by atoms with E-state index in [2.05, 4.69) is 46.2 Å². The summed E-state index contributed by atoms with van der Waals surface area (Å²) < 4.78 is 0. The van der Waals surface area contributed by atoms with Gasteiger partial charge in [0.05, 0.1) is 11.7 Å². The van der Waals surface area contributed by atoms with Crippen LogP contribution in [-0.2, 0) is 20.8 Å². The van der Waals surface area contributed by atoms with Crippen LogP contribution in [0.4, 0.5) is 0 Å². The third-order valence-corrected chi connectivity index (χ3v) is 6.91. The number of pyridine rings is 1. The first-order chi connectivity index (χ1) is 18.6. The van der Waals surface area contributed by atoms with Crippen molar-refractivity contribution >= 4 is 34.6 Å². The van der Waals surface area contributed by atoms with E-state index in [1.54, 1.807) is 32.1 Å². The average Bonchev–Trinajstić information content (AvgIpc) is 2.94. The van der Waals surface area contributed by atoms with Crippen LogP contribution in [0, 0.1) is 5.92 Å². The number of hydrogen-bond donors (Lipinski definition) is 4. The van der Waals surface area contributed by atoms with Crippen LogP contribution in [-0.4, -0.2) is 57.5 Å². The van der Waals surface area contributed by atoms with Gasteiger partial charge in [-0.2, -0.15) is 0 Å². The maximum Gasteiger partial charge on any atom is 0.258 e. The molecule has 3 amide bonds. The van der Waals surface area contributed by atoms with Crippen LogP contribution in [0.2, 0.25) is 0 Å². The highest BCUT2D eigenvalue weighted by atomic mass is 16.3. The van der Waals surface area contributed by atoms with Crippen molar-refractivity contribution in [2.45, 2.75) is 78.4 Å². The minimum atomic E-state index is -0.804. The summed E-state index contributed by atoms with van der Waals surface area (Å²) in [5.74, 6) is -1.02. The number of benzene rings is 1. The Morgan fingerprint density at radius 2 is 1.95 bits per heavy atom. The SMILES string of the molecule is CC=C(O)C1CCCN(C(=O)C(C)NC(=O)C(NC(=O)C/C=C/c2cc3cc(CC)ccc3cn2)C(C)C)N1. The monoisotopic (exact) mass is 535 g/mol. The van der Waals surface area contributed by atoms with Crippen molar-refractivity contribution in [2.24, 2.45) is 5.92 Å². The van der Waals surface area contributed by atoms with E-state index in [-0.39, 0.29) is 36.0 Å². The van der Waals surface area contributed by atoms with Gasteiger partial charge in [-0.15, -0.1) is 0 Å². The molecule has 9 heteroatoms. The van der Waals surface area contributed by atoms with Crippen LogP contribution in [0.25, 0.3) is 16.8 Å². The van der Waals surface area contributed by atoms with Crippen molar-refractivity contribution in [3.8, 4) is 0 Å². The van der Waals surface area contributed by atoms with E-state index in [1.807, 2.05) is 26.1 Å². The molecule has 1 aromatic heterocycles. The summed E-state index contributed by atoms with van der Waals surface area (Å²) in [6.07, 6.45) is 9.44. The first kappa shape index (κ1) is 29.8. The molecule has 2 heterocycles. The quantitative estimate of drug-likeness (QED) is 0.343. The summed E-state index contributed by atoms with van der Waals surface area (Å²) in [5, 5.41) is 19.2. The highest BCUT2D eigenvalue weighted by Crippen LogP contribution is 2.18. The molecular formula is C30H41N5O4. The first-order valence-electron chi connectivity index (χ1n) is 13.7. The number of carbonyl (C=O) groups excluding carboxylic acids is 3. The first-order valence-corrected chi connectivity index (χ1v) is 13.7. The second kappa shape index (κ2) is 13.9. The van der Waals surface area contributed by atoms with Crippen molar-refractivity contribution in [1.29, 1.82) is 0 Å². The Balaban J connectivity index is 1.55. The Labute approximate surface area is 230 Å². The summed E-state index contributed by atoms with van der Waals surface area (Å²) in [5.41, 5.74) is 5.03. The zero-order valence-electron chi connectivity index (χ0n) is 23.5. The average molecular weight is 536 g/mol. The molecule has 210 valence electrons. The Hall–Kier alpha value is -3.72. The fraction of sp³-hybridized carbons (Fsp3) is 0.467. The van der Waals surface area contributed by atoms with E-state index in [9.17, 15) is 19.5 Å². The largest absolute Gasteiger partial charge is 0.511 e. The molecule has 0 spiro atoms. The molecular weight excluding hydrogens is 494 g/mol. The Morgan fingerprint density at radius 3 is 2.64 bits per heavy atom. The van der Waals surface area contributed by atoms with Gasteiger partial charge in [-0.05, 0) is 68.2 Å². The number of nitrogens with one attached hydrogen (secondary N) is 3. The lowest BCUT2D eigenvalue weighted by Crippen LogP contribution is -2.59. The molecule has 2 aromatic rings. The standard InChI is InChI=1S/C30H41N5O4/c1-6-21-13-14-22-18-31-24(17-23(22)16-21)10-8-12-27(37)33-28(19(3)4)29(38)32-20(5)30(39)35-15-9-11-25(34-35)26(36)7-2/h7-8,10,13-14,16-20,25,28,34,36H,6,9,11-12,15H2,1-5H3,(H,32,38)(H,33,37)/b10-8+,26-7?. The van der Waals surface area contributed by atoms with Gasteiger partial charge in [-0.25, -0.2) is 5.43 Å². The normalized spacial score (nSPS) is 17.8. The number of fused-ring (bicyclic) bond motifs is 1. The summed E-state index contributed by atoms with van der Waals surface area (Å²) in [4.78, 5) is 43.1. The van der Waals surface area contributed by atoms with Crippen molar-refractivity contribution in [1.82, 2.24) is 26.1 Å². The predicted molar refractivity (Wildman–Crippen MR) is 153 cm³/mol. The van der Waals surface area contributed by atoms with Crippen LogP contribution in [0.15, 0.2) is 48.4 Å². The number of nitrogens with zero attached hydrogens (tertiary/aromatic N) is 2. The molecule has 39 heavy (non-hydrogen) atoms. The van der Waals surface area contributed by atoms with Crippen LogP contribution in [0.3, 0.4) is 0 Å². The van der Waals surface area contributed by atoms with Gasteiger partial charge in [0.1, 0.15) is 17.8 Å². The Kier molecular flexibility index (Phi) is 10.6. The number of carbonyl (C=O) groups is 3. The molecule has 0 aliphatic carbocycles. The fourth-order valence-corrected chi connectivity index (χ4v) is 4.53. The van der Waals surface area contributed by atoms with Gasteiger partial charge in [-0.3, -0.25) is 24.4 Å². The zero-order valence-corrected chi connectivity index (χ0v) is 23.5. The summed E-state index contributed by atoms with van der Waals surface area (Å²) >= 11 is 0. The van der Waals surface area contributed by atoms with Gasteiger partial charge in [0.25, 0.3) is 5.91 Å². The maximum absolute atomic E-state index is 13.0. The zero-order chi connectivity index (χ0) is 28.5. The lowest BCUT2D eigenvalue weighted by Gasteiger charge is -2.35. The molecule has 0 bridgehead atoms. The van der Waals surface area contributed by atoms with Crippen molar-refractivity contribution in [2.75, 3.05) is 6.54 Å². The van der Waals surface area contributed by atoms with Crippen molar-refractivity contribution in [3.63, 3.8) is 0 Å². The third kappa shape index (κ3) is 8.13. The lowest BCUT2D eigenvalue weighted by atomic mass is 10.0. The number of aliphatic hydroxyl groups excluding tert-OH is 1. The fourth-order valence-electron chi connectivity index (χ4n) is 4.53. The molecule has 1 aliphatic heterocycles. The molecule has 1 fully saturated rings. The molecule has 1 aliphatic rings. The van der Waals surface area contributed by atoms with E-state index >= 15 is 0 Å². The number of hydrogen-bond acceptors (Lipinski definition) is 6. The van der Waals surface area contributed by atoms with E-state index in [0.717, 1.165) is 29.3 Å². The van der Waals surface area contributed by atoms with Gasteiger partial charge in [0.15, 0.2) is 0 Å². The number of aliphatic hydroxyl groups is 1. The molecule has 1 aromatic carbocycles. The molecule has 3 unspecified atom stereocenters. The van der Waals surface area contributed by atoms with Crippen molar-refractivity contribution < 1.29 is 19.5 Å². The Morgan fingerprint density at radius 1 is 1.18 bits per heavy atom. The smallest absolute Gasteiger partial charge is 0.258 e. The highest BCUT2D eigenvalue weighted by molar-refractivity contribution is 5.92. The second-order valence-electron chi connectivity index (χ2n) is 10.3. The van der Waals surface area contributed by atoms with E-state index < -0.39 is 18.0 Å². The molecule has 3 rings (SSSR count). The van der Waals surface area contributed by atoms with Gasteiger partial charge >= 0.3 is 0 Å². The minimum absolute atomic E-state index is 0.0905. The lowest BCUT2D eigenvalue weighted by molar-refractivity contribution is -0.141. The van der Waals surface area contributed by atoms with Gasteiger partial charge in [-0.1, -0.05) is 45.0 Å². The topological polar surface area (TPSA) is 124 Å². The van der Waals surface area contributed by atoms with Crippen LogP contribution in [0.5, 0.6) is 0 Å². The second-order valence-corrected chi connectivity index (χ2v) is 10.3. The van der Waals surface area contributed by atoms with Crippen molar-refractivity contribution in [3.05, 3.63) is 59.6 Å². The van der Waals surface area contributed by atoms with E-state index in [4.69, 9.17) is 0 Å². The number of aromatic nitrogens is 1.